The third-order valence-electron chi connectivity index (χ3n) is 5.03. The van der Waals surface area contributed by atoms with Crippen molar-refractivity contribution in [2.75, 3.05) is 6.61 Å². The lowest BCUT2D eigenvalue weighted by Gasteiger charge is -2.14. The number of aromatic nitrogens is 4. The van der Waals surface area contributed by atoms with Crippen LogP contribution in [0.4, 0.5) is 0 Å². The Balaban J connectivity index is 1.74. The molecule has 4 rings (SSSR count). The van der Waals surface area contributed by atoms with Crippen molar-refractivity contribution in [3.8, 4) is 22.8 Å². The summed E-state index contributed by atoms with van der Waals surface area (Å²) in [5.74, 6) is 2.13. The van der Waals surface area contributed by atoms with Gasteiger partial charge in [0.25, 0.3) is 0 Å². The van der Waals surface area contributed by atoms with Crippen molar-refractivity contribution >= 4 is 17.5 Å². The molecule has 0 amide bonds. The lowest BCUT2D eigenvalue weighted by Crippen LogP contribution is -2.03. The van der Waals surface area contributed by atoms with Gasteiger partial charge in [0, 0.05) is 34.8 Å². The number of benzene rings is 2. The molecule has 6 nitrogen and oxygen atoms in total. The van der Waals surface area contributed by atoms with Crippen LogP contribution in [-0.2, 0) is 5.75 Å². The lowest BCUT2D eigenvalue weighted by molar-refractivity contribution is 0.101. The van der Waals surface area contributed by atoms with E-state index in [1.807, 2.05) is 43.3 Å². The Hall–Kier alpha value is -3.45. The van der Waals surface area contributed by atoms with Crippen molar-refractivity contribution in [1.29, 1.82) is 0 Å². The van der Waals surface area contributed by atoms with Gasteiger partial charge in [0.1, 0.15) is 5.75 Å². The van der Waals surface area contributed by atoms with Crippen molar-refractivity contribution in [2.24, 2.45) is 0 Å². The van der Waals surface area contributed by atoms with Crippen molar-refractivity contribution in [3.63, 3.8) is 0 Å². The summed E-state index contributed by atoms with van der Waals surface area (Å²) in [5, 5.41) is 9.74. The molecule has 162 valence electrons. The fraction of sp³-hybridized carbons (Fsp3) is 0.200. The average molecular weight is 445 g/mol. The molecular weight excluding hydrogens is 420 g/mol. The SMILES string of the molecule is CCOc1ccc(C(C)=O)cc1CSc1nnc(-c2cccnc2)n1-c1ccccc1C. The summed E-state index contributed by atoms with van der Waals surface area (Å²) in [7, 11) is 0. The monoisotopic (exact) mass is 444 g/mol. The molecule has 0 aliphatic heterocycles. The van der Waals surface area contributed by atoms with Crippen molar-refractivity contribution in [3.05, 3.63) is 83.7 Å². The number of rotatable bonds is 8. The van der Waals surface area contributed by atoms with Crippen LogP contribution in [0.5, 0.6) is 5.75 Å². The van der Waals surface area contributed by atoms with E-state index < -0.39 is 0 Å². The summed E-state index contributed by atoms with van der Waals surface area (Å²) in [6.45, 7) is 6.15. The number of Topliss-reactive ketones (excluding diaryl/α,β-unsaturated/α-hetero) is 1. The maximum atomic E-state index is 11.9. The molecule has 0 spiro atoms. The average Bonchev–Trinajstić information content (AvgIpc) is 3.23. The first-order valence-corrected chi connectivity index (χ1v) is 11.4. The zero-order valence-corrected chi connectivity index (χ0v) is 19.1. The van der Waals surface area contributed by atoms with Gasteiger partial charge in [-0.1, -0.05) is 30.0 Å². The van der Waals surface area contributed by atoms with Gasteiger partial charge in [-0.15, -0.1) is 10.2 Å². The topological polar surface area (TPSA) is 69.9 Å². The second-order valence-corrected chi connectivity index (χ2v) is 8.21. The maximum Gasteiger partial charge on any atom is 0.196 e. The first kappa shape index (κ1) is 21.8. The number of hydrogen-bond acceptors (Lipinski definition) is 6. The number of carbonyl (C=O) groups is 1. The zero-order valence-electron chi connectivity index (χ0n) is 18.3. The highest BCUT2D eigenvalue weighted by Crippen LogP contribution is 2.33. The van der Waals surface area contributed by atoms with Gasteiger partial charge in [0.05, 0.1) is 12.3 Å². The predicted molar refractivity (Wildman–Crippen MR) is 127 cm³/mol. The Morgan fingerprint density at radius 3 is 2.66 bits per heavy atom. The highest BCUT2D eigenvalue weighted by Gasteiger charge is 2.18. The Bertz CT molecular complexity index is 1240. The van der Waals surface area contributed by atoms with Gasteiger partial charge in [-0.2, -0.15) is 0 Å². The van der Waals surface area contributed by atoms with Gasteiger partial charge < -0.3 is 4.74 Å². The van der Waals surface area contributed by atoms with Crippen LogP contribution < -0.4 is 4.74 Å². The van der Waals surface area contributed by atoms with Crippen molar-refractivity contribution < 1.29 is 9.53 Å². The molecule has 2 heterocycles. The minimum Gasteiger partial charge on any atom is -0.494 e. The number of aryl methyl sites for hydroxylation is 1. The van der Waals surface area contributed by atoms with Crippen LogP contribution in [0.3, 0.4) is 0 Å². The van der Waals surface area contributed by atoms with E-state index in [2.05, 4.69) is 38.8 Å². The fourth-order valence-corrected chi connectivity index (χ4v) is 4.35. The van der Waals surface area contributed by atoms with Crippen LogP contribution >= 0.6 is 11.8 Å². The normalized spacial score (nSPS) is 10.8. The predicted octanol–water partition coefficient (Wildman–Crippen LogP) is 5.53. The standard InChI is InChI=1S/C25H24N4O2S/c1-4-31-23-12-11-19(18(3)30)14-21(23)16-32-25-28-27-24(20-9-7-13-26-15-20)29(25)22-10-6-5-8-17(22)2/h5-15H,4,16H2,1-3H3. The zero-order chi connectivity index (χ0) is 22.5. The van der Waals surface area contributed by atoms with Gasteiger partial charge in [-0.05, 0) is 62.7 Å². The van der Waals surface area contributed by atoms with Gasteiger partial charge in [-0.3, -0.25) is 14.3 Å². The van der Waals surface area contributed by atoms with Crippen LogP contribution in [0.25, 0.3) is 17.1 Å². The first-order chi connectivity index (χ1) is 15.6. The fourth-order valence-electron chi connectivity index (χ4n) is 3.43. The summed E-state index contributed by atoms with van der Waals surface area (Å²) in [5.41, 5.74) is 4.64. The molecule has 0 radical (unpaired) electrons. The van der Waals surface area contributed by atoms with Crippen LogP contribution in [0.1, 0.15) is 35.3 Å². The van der Waals surface area contributed by atoms with Gasteiger partial charge >= 0.3 is 0 Å². The number of ether oxygens (including phenoxy) is 1. The molecule has 7 heteroatoms. The van der Waals surface area contributed by atoms with Gasteiger partial charge in [0.2, 0.25) is 0 Å². The lowest BCUT2D eigenvalue weighted by atomic mass is 10.1. The second-order valence-electron chi connectivity index (χ2n) is 7.27. The molecule has 2 aromatic heterocycles. The van der Waals surface area contributed by atoms with E-state index in [1.54, 1.807) is 37.1 Å². The Kier molecular flexibility index (Phi) is 6.66. The Morgan fingerprint density at radius 1 is 1.09 bits per heavy atom. The molecule has 0 N–H and O–H groups in total. The number of carbonyl (C=O) groups excluding carboxylic acids is 1. The number of para-hydroxylation sites is 1. The molecule has 32 heavy (non-hydrogen) atoms. The van der Waals surface area contributed by atoms with Crippen LogP contribution in [0, 0.1) is 6.92 Å². The summed E-state index contributed by atoms with van der Waals surface area (Å²) in [6.07, 6.45) is 3.53. The summed E-state index contributed by atoms with van der Waals surface area (Å²) < 4.78 is 7.85. The van der Waals surface area contributed by atoms with E-state index in [1.165, 1.54) is 0 Å². The van der Waals surface area contributed by atoms with Crippen LogP contribution in [0.15, 0.2) is 72.1 Å². The Morgan fingerprint density at radius 2 is 1.94 bits per heavy atom. The molecule has 0 bridgehead atoms. The molecule has 0 unspecified atom stereocenters. The molecule has 0 atom stereocenters. The third kappa shape index (κ3) is 4.57. The van der Waals surface area contributed by atoms with Crippen molar-refractivity contribution in [2.45, 2.75) is 31.7 Å². The number of hydrogen-bond donors (Lipinski definition) is 0. The minimum atomic E-state index is 0.0289. The van der Waals surface area contributed by atoms with E-state index >= 15 is 0 Å². The first-order valence-electron chi connectivity index (χ1n) is 10.4. The highest BCUT2D eigenvalue weighted by molar-refractivity contribution is 7.98. The van der Waals surface area contributed by atoms with E-state index in [0.717, 1.165) is 39.1 Å². The van der Waals surface area contributed by atoms with Crippen molar-refractivity contribution in [1.82, 2.24) is 19.7 Å². The highest BCUT2D eigenvalue weighted by atomic mass is 32.2. The smallest absolute Gasteiger partial charge is 0.196 e. The molecular formula is C25H24N4O2S. The van der Waals surface area contributed by atoms with E-state index in [-0.39, 0.29) is 5.78 Å². The molecule has 0 aliphatic carbocycles. The number of thioether (sulfide) groups is 1. The molecule has 4 aromatic rings. The Labute approximate surface area is 191 Å². The van der Waals surface area contributed by atoms with Gasteiger partial charge in [0.15, 0.2) is 16.8 Å². The largest absolute Gasteiger partial charge is 0.494 e. The molecule has 2 aromatic carbocycles. The van der Waals surface area contributed by atoms with Gasteiger partial charge in [-0.25, -0.2) is 0 Å². The number of nitrogens with zero attached hydrogens (tertiary/aromatic N) is 4. The minimum absolute atomic E-state index is 0.0289. The molecule has 0 fully saturated rings. The van der Waals surface area contributed by atoms with Crippen LogP contribution in [-0.4, -0.2) is 32.1 Å². The molecule has 0 aliphatic rings. The third-order valence-corrected chi connectivity index (χ3v) is 6.01. The number of pyridine rings is 1. The van der Waals surface area contributed by atoms with E-state index in [4.69, 9.17) is 4.74 Å². The summed E-state index contributed by atoms with van der Waals surface area (Å²) >= 11 is 1.56. The van der Waals surface area contributed by atoms with E-state index in [9.17, 15) is 4.79 Å². The molecule has 0 saturated heterocycles. The second kappa shape index (κ2) is 9.78. The maximum absolute atomic E-state index is 11.9. The quantitative estimate of drug-likeness (QED) is 0.263. The summed E-state index contributed by atoms with van der Waals surface area (Å²) in [4.78, 5) is 16.1. The number of ketones is 1. The van der Waals surface area contributed by atoms with E-state index in [0.29, 0.717) is 17.9 Å². The molecule has 0 saturated carbocycles. The summed E-state index contributed by atoms with van der Waals surface area (Å²) in [6, 6.07) is 17.6. The van der Waals surface area contributed by atoms with Crippen LogP contribution in [0.2, 0.25) is 0 Å².